The van der Waals surface area contributed by atoms with Crippen molar-refractivity contribution in [3.8, 4) is 5.69 Å². The van der Waals surface area contributed by atoms with Gasteiger partial charge in [0.25, 0.3) is 5.91 Å². The van der Waals surface area contributed by atoms with E-state index in [0.29, 0.717) is 13.0 Å². The van der Waals surface area contributed by atoms with Crippen LogP contribution in [0.4, 0.5) is 8.78 Å². The third-order valence-electron chi connectivity index (χ3n) is 4.66. The van der Waals surface area contributed by atoms with Crippen molar-refractivity contribution in [3.63, 3.8) is 0 Å². The molecule has 3 aromatic rings. The molecule has 1 atom stereocenters. The van der Waals surface area contributed by atoms with Crippen LogP contribution in [0.5, 0.6) is 0 Å². The topological polar surface area (TPSA) is 72.9 Å². The molecule has 26 heavy (non-hydrogen) atoms. The van der Waals surface area contributed by atoms with Crippen LogP contribution in [0.1, 0.15) is 36.0 Å². The number of fused-ring (bicyclic) bond motifs is 1. The highest BCUT2D eigenvalue weighted by Gasteiger charge is 2.21. The average molecular weight is 357 g/mol. The van der Waals surface area contributed by atoms with E-state index in [-0.39, 0.29) is 27.7 Å². The van der Waals surface area contributed by atoms with E-state index in [1.165, 1.54) is 36.4 Å². The highest BCUT2D eigenvalue weighted by Crippen LogP contribution is 2.28. The van der Waals surface area contributed by atoms with Crippen molar-refractivity contribution in [2.45, 2.75) is 18.7 Å². The van der Waals surface area contributed by atoms with Crippen LogP contribution in [0.2, 0.25) is 0 Å². The molecule has 134 valence electrons. The van der Waals surface area contributed by atoms with Crippen LogP contribution in [0, 0.1) is 11.8 Å². The van der Waals surface area contributed by atoms with Gasteiger partial charge in [0.05, 0.1) is 16.6 Å². The highest BCUT2D eigenvalue weighted by molar-refractivity contribution is 6.04. The number of carbonyl (C=O) groups excluding carboxylic acids is 1. The first-order valence-electron chi connectivity index (χ1n) is 8.89. The molecule has 2 aromatic carbocycles. The normalized spacial score (nSPS) is 20.9. The largest absolute Gasteiger partial charge is 0.366 e. The van der Waals surface area contributed by atoms with Crippen molar-refractivity contribution < 1.29 is 14.9 Å². The van der Waals surface area contributed by atoms with Gasteiger partial charge in [0.15, 0.2) is 0 Å². The molecule has 1 saturated heterocycles. The summed E-state index contributed by atoms with van der Waals surface area (Å²) in [5, 5.41) is 7.36. The average Bonchev–Trinajstić information content (AvgIpc) is 2.99. The van der Waals surface area contributed by atoms with E-state index in [2.05, 4.69) is 10.4 Å². The first-order chi connectivity index (χ1) is 12.9. The van der Waals surface area contributed by atoms with Gasteiger partial charge < -0.3 is 11.1 Å². The minimum absolute atomic E-state index is 0.0978. The summed E-state index contributed by atoms with van der Waals surface area (Å²) >= 11 is 0. The van der Waals surface area contributed by atoms with Crippen molar-refractivity contribution in [3.05, 3.63) is 59.3 Å². The Balaban J connectivity index is 1.80. The van der Waals surface area contributed by atoms with E-state index < -0.39 is 23.6 Å². The van der Waals surface area contributed by atoms with Crippen LogP contribution in [-0.2, 0) is 0 Å². The van der Waals surface area contributed by atoms with E-state index in [0.717, 1.165) is 17.6 Å². The monoisotopic (exact) mass is 357 g/mol. The van der Waals surface area contributed by atoms with E-state index in [1.807, 2.05) is 0 Å². The summed E-state index contributed by atoms with van der Waals surface area (Å²) < 4.78 is 39.1. The number of nitrogens with one attached hydrogen (secondary N) is 1. The number of benzene rings is 2. The Kier molecular flexibility index (Phi) is 3.86. The molecule has 0 unspecified atom stereocenters. The molecule has 0 radical (unpaired) electrons. The first kappa shape index (κ1) is 15.5. The van der Waals surface area contributed by atoms with Gasteiger partial charge in [-0.05, 0) is 55.1 Å². The molecule has 0 aliphatic carbocycles. The van der Waals surface area contributed by atoms with Gasteiger partial charge in [0.1, 0.15) is 11.3 Å². The zero-order valence-corrected chi connectivity index (χ0v) is 13.9. The molecular weight excluding hydrogens is 338 g/mol. The van der Waals surface area contributed by atoms with Crippen LogP contribution in [-0.4, -0.2) is 28.8 Å². The first-order valence-corrected chi connectivity index (χ1v) is 8.39. The van der Waals surface area contributed by atoms with Crippen LogP contribution in [0.15, 0.2) is 36.4 Å². The Bertz CT molecular complexity index is 1040. The third kappa shape index (κ3) is 2.74. The fourth-order valence-corrected chi connectivity index (χ4v) is 3.35. The minimum atomic E-state index is -1.05. The molecule has 4 rings (SSSR count). The van der Waals surface area contributed by atoms with Crippen molar-refractivity contribution in [1.29, 1.82) is 0 Å². The van der Waals surface area contributed by atoms with Crippen molar-refractivity contribution >= 4 is 16.8 Å². The number of aromatic nitrogens is 2. The van der Waals surface area contributed by atoms with E-state index in [1.54, 1.807) is 0 Å². The Morgan fingerprint density at radius 3 is 2.88 bits per heavy atom. The molecule has 1 fully saturated rings. The van der Waals surface area contributed by atoms with E-state index >= 15 is 0 Å². The predicted molar refractivity (Wildman–Crippen MR) is 94.3 cm³/mol. The highest BCUT2D eigenvalue weighted by atomic mass is 19.1. The number of primary amides is 1. The number of piperidine rings is 1. The van der Waals surface area contributed by atoms with E-state index in [9.17, 15) is 13.6 Å². The molecule has 1 aliphatic heterocycles. The number of nitrogens with two attached hydrogens (primary N) is 1. The van der Waals surface area contributed by atoms with Gasteiger partial charge >= 0.3 is 0 Å². The van der Waals surface area contributed by atoms with Crippen LogP contribution in [0.25, 0.3) is 16.6 Å². The molecule has 3 N–H and O–H groups in total. The zero-order valence-electron chi connectivity index (χ0n) is 14.9. The van der Waals surface area contributed by atoms with Gasteiger partial charge in [0, 0.05) is 7.92 Å². The number of halogens is 2. The fourth-order valence-electron chi connectivity index (χ4n) is 3.35. The standard InChI is InChI=1S/C19H18F2N4O/c20-16-9-12(6-7-13(16)11-3-2-8-23-10-11)25-18(21)14-4-1-5-15(19(22)26)17(14)24-25/h1,4-7,9,11,23H,2-3,8,10H2,(H2,22,26)/t11-/m1/s1/i11D. The summed E-state index contributed by atoms with van der Waals surface area (Å²) in [6, 6.07) is 8.66. The van der Waals surface area contributed by atoms with Gasteiger partial charge in [-0.1, -0.05) is 12.1 Å². The van der Waals surface area contributed by atoms with Gasteiger partial charge in [-0.2, -0.15) is 9.49 Å². The molecule has 5 nitrogen and oxygen atoms in total. The van der Waals surface area contributed by atoms with Crippen molar-refractivity contribution in [1.82, 2.24) is 15.1 Å². The lowest BCUT2D eigenvalue weighted by Gasteiger charge is -2.23. The Labute approximate surface area is 150 Å². The van der Waals surface area contributed by atoms with E-state index in [4.69, 9.17) is 7.10 Å². The van der Waals surface area contributed by atoms with Gasteiger partial charge in [-0.15, -0.1) is 0 Å². The molecule has 1 aromatic heterocycles. The second-order valence-electron chi connectivity index (χ2n) is 6.32. The molecule has 7 heteroatoms. The summed E-state index contributed by atoms with van der Waals surface area (Å²) in [6.07, 6.45) is 1.35. The summed E-state index contributed by atoms with van der Waals surface area (Å²) in [5.41, 5.74) is 5.99. The van der Waals surface area contributed by atoms with Crippen LogP contribution >= 0.6 is 0 Å². The lowest BCUT2D eigenvalue weighted by Crippen LogP contribution is -2.28. The smallest absolute Gasteiger partial charge is 0.250 e. The SMILES string of the molecule is [2H][C@@]1(c2ccc(-n3nc4c(C(N)=O)cccc4c3F)cc2F)CCCNC1. The summed E-state index contributed by atoms with van der Waals surface area (Å²) in [5.74, 6) is -3.05. The molecule has 1 aliphatic rings. The summed E-state index contributed by atoms with van der Waals surface area (Å²) in [4.78, 5) is 11.5. The number of nitrogens with zero attached hydrogens (tertiary/aromatic N) is 2. The Morgan fingerprint density at radius 2 is 2.19 bits per heavy atom. The maximum absolute atomic E-state index is 14.8. The quantitative estimate of drug-likeness (QED) is 0.757. The molecule has 1 amide bonds. The maximum Gasteiger partial charge on any atom is 0.250 e. The van der Waals surface area contributed by atoms with Gasteiger partial charge in [-0.25, -0.2) is 9.07 Å². The Hall–Kier alpha value is -2.80. The van der Waals surface area contributed by atoms with Crippen LogP contribution in [0.3, 0.4) is 0 Å². The number of carbonyl (C=O) groups is 1. The molecule has 0 spiro atoms. The summed E-state index contributed by atoms with van der Waals surface area (Å²) in [7, 11) is 0. The minimum Gasteiger partial charge on any atom is -0.366 e. The van der Waals surface area contributed by atoms with Gasteiger partial charge in [-0.3, -0.25) is 4.79 Å². The van der Waals surface area contributed by atoms with Crippen molar-refractivity contribution in [2.75, 3.05) is 13.1 Å². The Morgan fingerprint density at radius 1 is 1.35 bits per heavy atom. The number of hydrogen-bond acceptors (Lipinski definition) is 3. The van der Waals surface area contributed by atoms with Crippen molar-refractivity contribution in [2.24, 2.45) is 5.73 Å². The third-order valence-corrected chi connectivity index (χ3v) is 4.66. The maximum atomic E-state index is 14.8. The number of rotatable bonds is 3. The van der Waals surface area contributed by atoms with Gasteiger partial charge in [0.2, 0.25) is 5.95 Å². The molecule has 0 bridgehead atoms. The lowest BCUT2D eigenvalue weighted by molar-refractivity contribution is 0.100. The summed E-state index contributed by atoms with van der Waals surface area (Å²) in [6.45, 7) is 1.18. The number of amides is 1. The predicted octanol–water partition coefficient (Wildman–Crippen LogP) is 2.87. The van der Waals surface area contributed by atoms with Crippen LogP contribution < -0.4 is 11.1 Å². The zero-order chi connectivity index (χ0) is 19.2. The second kappa shape index (κ2) is 6.49. The molecule has 0 saturated carbocycles. The lowest BCUT2D eigenvalue weighted by atomic mass is 9.91. The molecular formula is C19H18F2N4O. The fraction of sp³-hybridized carbons (Fsp3) is 0.263. The number of hydrogen-bond donors (Lipinski definition) is 2. The molecule has 2 heterocycles. The second-order valence-corrected chi connectivity index (χ2v) is 6.32.